The van der Waals surface area contributed by atoms with Crippen molar-refractivity contribution in [3.05, 3.63) is 84.2 Å². The van der Waals surface area contributed by atoms with Gasteiger partial charge in [0.05, 0.1) is 33.6 Å². The molecule has 0 saturated heterocycles. The van der Waals surface area contributed by atoms with Crippen LogP contribution in [0.3, 0.4) is 0 Å². The second kappa shape index (κ2) is 12.0. The van der Waals surface area contributed by atoms with Crippen LogP contribution in [0.1, 0.15) is 11.3 Å². The number of rotatable bonds is 11. The maximum Gasteiger partial charge on any atom is 0.260 e. The van der Waals surface area contributed by atoms with Crippen molar-refractivity contribution in [1.29, 1.82) is 0 Å². The van der Waals surface area contributed by atoms with E-state index in [1.54, 1.807) is 38.5 Å². The zero-order chi connectivity index (χ0) is 29.0. The molecule has 2 aromatic carbocycles. The van der Waals surface area contributed by atoms with Crippen LogP contribution in [0, 0.1) is 0 Å². The summed E-state index contributed by atoms with van der Waals surface area (Å²) >= 11 is 0. The quantitative estimate of drug-likeness (QED) is 0.274. The van der Waals surface area contributed by atoms with Crippen molar-refractivity contribution < 1.29 is 32.5 Å². The molecule has 214 valence electrons. The van der Waals surface area contributed by atoms with Gasteiger partial charge in [-0.05, 0) is 54.1 Å². The third kappa shape index (κ3) is 6.35. The van der Waals surface area contributed by atoms with E-state index in [9.17, 15) is 13.5 Å². The van der Waals surface area contributed by atoms with Gasteiger partial charge in [-0.15, -0.1) is 0 Å². The first kappa shape index (κ1) is 28.1. The summed E-state index contributed by atoms with van der Waals surface area (Å²) in [7, 11) is 0.812. The molecule has 5 rings (SSSR count). The Balaban J connectivity index is 1.30. The van der Waals surface area contributed by atoms with E-state index in [1.807, 2.05) is 36.4 Å². The highest BCUT2D eigenvalue weighted by molar-refractivity contribution is 7.89. The minimum atomic E-state index is -3.83. The van der Waals surface area contributed by atoms with E-state index in [4.69, 9.17) is 18.9 Å². The van der Waals surface area contributed by atoms with Crippen molar-refractivity contribution in [1.82, 2.24) is 14.3 Å². The normalized spacial score (nSPS) is 15.0. The van der Waals surface area contributed by atoms with E-state index in [1.165, 1.54) is 23.6 Å². The first-order valence-electron chi connectivity index (χ1n) is 12.7. The molecule has 3 heterocycles. The fourth-order valence-corrected chi connectivity index (χ4v) is 5.27. The van der Waals surface area contributed by atoms with Crippen LogP contribution < -0.4 is 14.2 Å². The third-order valence-corrected chi connectivity index (χ3v) is 8.17. The van der Waals surface area contributed by atoms with Gasteiger partial charge in [-0.3, -0.25) is 0 Å². The van der Waals surface area contributed by atoms with Gasteiger partial charge < -0.3 is 29.0 Å². The number of aromatic nitrogens is 2. The lowest BCUT2D eigenvalue weighted by molar-refractivity contribution is 0.130. The lowest BCUT2D eigenvalue weighted by Crippen LogP contribution is -2.27. The van der Waals surface area contributed by atoms with Crippen molar-refractivity contribution >= 4 is 15.9 Å². The number of H-pyrrole nitrogens is 1. The first-order chi connectivity index (χ1) is 19.8. The van der Waals surface area contributed by atoms with E-state index in [0.29, 0.717) is 41.1 Å². The van der Waals surface area contributed by atoms with Crippen LogP contribution in [0.15, 0.2) is 82.9 Å². The van der Waals surface area contributed by atoms with Crippen molar-refractivity contribution in [3.63, 3.8) is 0 Å². The van der Waals surface area contributed by atoms with Gasteiger partial charge in [0, 0.05) is 30.9 Å². The molecule has 0 saturated carbocycles. The highest BCUT2D eigenvalue weighted by Crippen LogP contribution is 2.32. The minimum absolute atomic E-state index is 0.0911. The minimum Gasteiger partial charge on any atom is -0.497 e. The lowest BCUT2D eigenvalue weighted by Gasteiger charge is -2.17. The maximum absolute atomic E-state index is 13.1. The fraction of sp³-hybridized carbons (Fsp3) is 0.241. The molecule has 11 nitrogen and oxygen atoms in total. The average molecular weight is 579 g/mol. The van der Waals surface area contributed by atoms with E-state index in [0.717, 1.165) is 16.8 Å². The summed E-state index contributed by atoms with van der Waals surface area (Å²) in [6.07, 6.45) is 1.03. The van der Waals surface area contributed by atoms with Gasteiger partial charge in [-0.25, -0.2) is 18.4 Å². The molecule has 0 radical (unpaired) electrons. The van der Waals surface area contributed by atoms with Crippen molar-refractivity contribution in [2.45, 2.75) is 17.7 Å². The molecule has 12 heteroatoms. The van der Waals surface area contributed by atoms with E-state index < -0.39 is 10.0 Å². The Hall–Kier alpha value is -4.39. The summed E-state index contributed by atoms with van der Waals surface area (Å²) in [6.45, 7) is 0.491. The number of nitrogens with one attached hydrogen (secondary N) is 1. The van der Waals surface area contributed by atoms with Crippen molar-refractivity contribution in [2.24, 2.45) is 4.99 Å². The average Bonchev–Trinajstić information content (AvgIpc) is 3.68. The van der Waals surface area contributed by atoms with Gasteiger partial charge in [0.2, 0.25) is 5.90 Å². The Kier molecular flexibility index (Phi) is 8.24. The maximum atomic E-state index is 13.1. The number of benzene rings is 2. The number of methoxy groups -OCH3 is 2. The van der Waals surface area contributed by atoms with E-state index in [2.05, 4.69) is 15.0 Å². The predicted molar refractivity (Wildman–Crippen MR) is 152 cm³/mol. The Morgan fingerprint density at radius 3 is 2.32 bits per heavy atom. The Morgan fingerprint density at radius 2 is 1.66 bits per heavy atom. The molecule has 2 N–H and O–H groups in total. The zero-order valence-corrected chi connectivity index (χ0v) is 23.6. The molecular formula is C29H30N4O7S. The summed E-state index contributed by atoms with van der Waals surface area (Å²) in [6, 6.07) is 19.3. The molecule has 0 fully saturated rings. The Morgan fingerprint density at radius 1 is 0.951 bits per heavy atom. The number of nitrogens with zero attached hydrogens (tertiary/aromatic N) is 3. The van der Waals surface area contributed by atoms with Gasteiger partial charge in [-0.1, -0.05) is 12.1 Å². The number of aliphatic hydroxyl groups is 1. The largest absolute Gasteiger partial charge is 0.497 e. The molecule has 0 bridgehead atoms. The number of aromatic amines is 1. The molecule has 1 aliphatic heterocycles. The molecule has 4 aromatic rings. The van der Waals surface area contributed by atoms with Crippen molar-refractivity contribution in [3.8, 4) is 34.3 Å². The number of hydrogen-bond donors (Lipinski definition) is 2. The second-order valence-electron chi connectivity index (χ2n) is 9.29. The van der Waals surface area contributed by atoms with Crippen LogP contribution in [0.2, 0.25) is 0 Å². The summed E-state index contributed by atoms with van der Waals surface area (Å²) in [5.74, 6) is 2.54. The molecular weight excluding hydrogens is 548 g/mol. The van der Waals surface area contributed by atoms with Gasteiger partial charge in [-0.2, -0.15) is 4.31 Å². The van der Waals surface area contributed by atoms with Crippen LogP contribution in [0.4, 0.5) is 0 Å². The van der Waals surface area contributed by atoms with Gasteiger partial charge in [0.15, 0.2) is 5.03 Å². The standard InChI is InChI=1S/C29H30N4O7S/c1-33(17-19-4-6-21(37-2)7-5-19)41(35,36)28-11-8-22(15-30-28)39-24-13-20(12-23(14-24)38-3)26-9-10-27(32-26)29-31-16-25(18-34)40-29/h4-15,25,32,34H,16-18H2,1-3H3/t25-/m1/s1. The van der Waals surface area contributed by atoms with E-state index in [-0.39, 0.29) is 24.3 Å². The predicted octanol–water partition coefficient (Wildman–Crippen LogP) is 3.84. The summed E-state index contributed by atoms with van der Waals surface area (Å²) in [4.78, 5) is 11.8. The van der Waals surface area contributed by atoms with Gasteiger partial charge in [0.25, 0.3) is 10.0 Å². The molecule has 0 aliphatic carbocycles. The topological polar surface area (TPSA) is 136 Å². The molecule has 1 aliphatic rings. The number of pyridine rings is 1. The van der Waals surface area contributed by atoms with Crippen LogP contribution in [-0.4, -0.2) is 74.2 Å². The molecule has 1 atom stereocenters. The SMILES string of the molecule is COc1ccc(CN(C)S(=O)(=O)c2ccc(Oc3cc(OC)cc(-c4ccc(C5=NC[C@H](CO)O5)[nH]4)c3)cn2)cc1. The summed E-state index contributed by atoms with van der Waals surface area (Å²) < 4.78 is 49.7. The monoisotopic (exact) mass is 578 g/mol. The highest BCUT2D eigenvalue weighted by atomic mass is 32.2. The first-order valence-corrected chi connectivity index (χ1v) is 14.2. The number of hydrogen-bond acceptors (Lipinski definition) is 9. The number of aliphatic hydroxyl groups excluding tert-OH is 1. The number of aliphatic imine (C=N–C) groups is 1. The fourth-order valence-electron chi connectivity index (χ4n) is 4.20. The molecule has 0 unspecified atom stereocenters. The number of sulfonamides is 1. The molecule has 0 amide bonds. The molecule has 41 heavy (non-hydrogen) atoms. The van der Waals surface area contributed by atoms with Crippen molar-refractivity contribution in [2.75, 3.05) is 34.4 Å². The third-order valence-electron chi connectivity index (χ3n) is 6.45. The Bertz CT molecular complexity index is 1630. The lowest BCUT2D eigenvalue weighted by atomic mass is 10.1. The Labute approximate surface area is 238 Å². The van der Waals surface area contributed by atoms with Crippen LogP contribution in [-0.2, 0) is 21.3 Å². The van der Waals surface area contributed by atoms with E-state index >= 15 is 0 Å². The smallest absolute Gasteiger partial charge is 0.260 e. The molecule has 0 spiro atoms. The summed E-state index contributed by atoms with van der Waals surface area (Å²) in [5, 5.41) is 9.20. The number of ether oxygens (including phenoxy) is 4. The van der Waals surface area contributed by atoms with Crippen LogP contribution in [0.5, 0.6) is 23.0 Å². The van der Waals surface area contributed by atoms with Crippen LogP contribution >= 0.6 is 0 Å². The second-order valence-corrected chi connectivity index (χ2v) is 11.3. The van der Waals surface area contributed by atoms with Gasteiger partial charge >= 0.3 is 0 Å². The van der Waals surface area contributed by atoms with Gasteiger partial charge in [0.1, 0.15) is 34.8 Å². The summed E-state index contributed by atoms with van der Waals surface area (Å²) in [5.41, 5.74) is 3.08. The molecule has 2 aromatic heterocycles. The highest BCUT2D eigenvalue weighted by Gasteiger charge is 2.23. The van der Waals surface area contributed by atoms with Crippen LogP contribution in [0.25, 0.3) is 11.3 Å². The zero-order valence-electron chi connectivity index (χ0n) is 22.8.